The lowest BCUT2D eigenvalue weighted by molar-refractivity contribution is 0.00537. The number of benzene rings is 2. The number of aromatic nitrogens is 3. The van der Waals surface area contributed by atoms with Gasteiger partial charge in [-0.15, -0.1) is 5.54 Å². The van der Waals surface area contributed by atoms with Crippen LogP contribution in [0.5, 0.6) is 17.6 Å². The van der Waals surface area contributed by atoms with E-state index >= 15 is 8.78 Å². The van der Waals surface area contributed by atoms with Crippen molar-refractivity contribution in [2.24, 2.45) is 0 Å². The SMILES string of the molecule is COCOc1cc(-c2nc3c4c(nc(OC[C@]56CCCN5C[C@H](F)C6)nc4c2F)N2C[C@@H]4CC[C@H]([C@H]2CO3)N4C(=O)OC(C)(C)C)c2c(C#C[Si](C(C)C)(C(C)C)C(C)C)c(F)ccc2c1. The van der Waals surface area contributed by atoms with Crippen molar-refractivity contribution in [1.29, 1.82) is 0 Å². The maximum atomic E-state index is 18.1. The Bertz CT molecular complexity index is 2590. The summed E-state index contributed by atoms with van der Waals surface area (Å²) in [5.74, 6) is 2.81. The van der Waals surface area contributed by atoms with Crippen LogP contribution in [-0.2, 0) is 9.47 Å². The quantitative estimate of drug-likeness (QED) is 0.0861. The minimum atomic E-state index is -2.36. The standard InChI is InChI=1S/C50H63F3N6O6Si/c1-28(2)66(29(3)4,30(5)6)19-16-35-37(52)14-12-31-20-34(64-27-61-10)21-36(40(31)35)43-42(53)44-41-45(56-47(55-44)63-26-50-17-11-18-57(50)23-32(51)22-50)58-24-33-13-15-38(39(58)25-62-46(41)54-43)59(33)48(60)65-49(7,8)9/h12,14,20-21,28-30,32-33,38-39H,11,13,15,17-18,22-27H2,1-10H3/t32-,33+,38-,39-,50-/m1/s1. The Morgan fingerprint density at radius 2 is 1.74 bits per heavy atom. The summed E-state index contributed by atoms with van der Waals surface area (Å²) in [5, 5.41) is 1.19. The van der Waals surface area contributed by atoms with Gasteiger partial charge in [-0.3, -0.25) is 9.80 Å². The predicted molar refractivity (Wildman–Crippen MR) is 251 cm³/mol. The molecule has 66 heavy (non-hydrogen) atoms. The van der Waals surface area contributed by atoms with Gasteiger partial charge in [-0.25, -0.2) is 22.9 Å². The maximum absolute atomic E-state index is 18.1. The molecule has 0 spiro atoms. The first-order chi connectivity index (χ1) is 31.4. The third-order valence-electron chi connectivity index (χ3n) is 14.9. The molecule has 5 aliphatic heterocycles. The van der Waals surface area contributed by atoms with Crippen LogP contribution in [0.3, 0.4) is 0 Å². The lowest BCUT2D eigenvalue weighted by Crippen LogP contribution is -2.63. The molecule has 4 aromatic rings. The highest BCUT2D eigenvalue weighted by molar-refractivity contribution is 6.90. The highest BCUT2D eigenvalue weighted by atomic mass is 28.3. The summed E-state index contributed by atoms with van der Waals surface area (Å²) in [6.07, 6.45) is 2.07. The third-order valence-corrected chi connectivity index (χ3v) is 21.2. The molecule has 12 nitrogen and oxygen atoms in total. The van der Waals surface area contributed by atoms with E-state index in [9.17, 15) is 9.18 Å². The van der Waals surface area contributed by atoms with E-state index in [0.717, 1.165) is 25.8 Å². The number of nitrogens with zero attached hydrogens (tertiary/aromatic N) is 6. The molecular weight excluding hydrogens is 866 g/mol. The third kappa shape index (κ3) is 7.90. The number of pyridine rings is 1. The van der Waals surface area contributed by atoms with Crippen molar-refractivity contribution in [1.82, 2.24) is 24.8 Å². The number of carbonyl (C=O) groups excluding carboxylic acids is 1. The van der Waals surface area contributed by atoms with Gasteiger partial charge in [-0.05, 0) is 93.2 Å². The van der Waals surface area contributed by atoms with Crippen molar-refractivity contribution < 1.29 is 41.7 Å². The second kappa shape index (κ2) is 17.3. The van der Waals surface area contributed by atoms with Gasteiger partial charge in [0.2, 0.25) is 5.88 Å². The van der Waals surface area contributed by atoms with E-state index in [1.54, 1.807) is 18.2 Å². The van der Waals surface area contributed by atoms with Crippen LogP contribution >= 0.6 is 0 Å². The van der Waals surface area contributed by atoms with Crippen LogP contribution in [0.25, 0.3) is 32.9 Å². The van der Waals surface area contributed by atoms with Gasteiger partial charge in [0.15, 0.2) is 12.6 Å². The van der Waals surface area contributed by atoms with Crippen LogP contribution in [0.4, 0.5) is 23.8 Å². The van der Waals surface area contributed by atoms with Crippen LogP contribution in [0, 0.1) is 23.1 Å². The number of amides is 1. The van der Waals surface area contributed by atoms with Gasteiger partial charge in [0, 0.05) is 37.6 Å². The van der Waals surface area contributed by atoms with Crippen molar-refractivity contribution in [3.8, 4) is 40.4 Å². The summed E-state index contributed by atoms with van der Waals surface area (Å²) in [4.78, 5) is 34.6. The number of ether oxygens (including phenoxy) is 5. The molecule has 1 amide bonds. The van der Waals surface area contributed by atoms with E-state index in [1.165, 1.54) is 13.2 Å². The fraction of sp³-hybridized carbons (Fsp3) is 0.600. The van der Waals surface area contributed by atoms with Crippen molar-refractivity contribution in [2.45, 2.75) is 146 Å². The van der Waals surface area contributed by atoms with Crippen LogP contribution in [0.1, 0.15) is 100.0 Å². The Kier molecular flexibility index (Phi) is 12.2. The van der Waals surface area contributed by atoms with Crippen LogP contribution in [-0.4, -0.2) is 121 Å². The Balaban J connectivity index is 1.25. The number of rotatable bonds is 10. The number of carbonyl (C=O) groups is 1. The number of hydrogen-bond donors (Lipinski definition) is 0. The molecule has 0 radical (unpaired) electrons. The van der Waals surface area contributed by atoms with Crippen molar-refractivity contribution in [2.75, 3.05) is 51.7 Å². The monoisotopic (exact) mass is 928 g/mol. The molecule has 2 bridgehead atoms. The predicted octanol–water partition coefficient (Wildman–Crippen LogP) is 9.98. The minimum absolute atomic E-state index is 0.0670. The smallest absolute Gasteiger partial charge is 0.410 e. The van der Waals surface area contributed by atoms with Crippen molar-refractivity contribution in [3.05, 3.63) is 41.5 Å². The number of hydrogen-bond acceptors (Lipinski definition) is 11. The zero-order chi connectivity index (χ0) is 47.0. The summed E-state index contributed by atoms with van der Waals surface area (Å²) >= 11 is 0. The summed E-state index contributed by atoms with van der Waals surface area (Å²) in [7, 11) is -0.860. The van der Waals surface area contributed by atoms with Crippen LogP contribution in [0.2, 0.25) is 16.6 Å². The highest BCUT2D eigenvalue weighted by Crippen LogP contribution is 2.48. The first-order valence-corrected chi connectivity index (χ1v) is 25.8. The van der Waals surface area contributed by atoms with E-state index in [0.29, 0.717) is 48.3 Å². The molecule has 4 saturated heterocycles. The van der Waals surface area contributed by atoms with Crippen LogP contribution in [0.15, 0.2) is 24.3 Å². The average Bonchev–Trinajstić information content (AvgIpc) is 3.86. The average molecular weight is 929 g/mol. The molecule has 9 rings (SSSR count). The summed E-state index contributed by atoms with van der Waals surface area (Å²) in [5.41, 5.74) is 3.43. The van der Waals surface area contributed by atoms with E-state index < -0.39 is 49.2 Å². The fourth-order valence-corrected chi connectivity index (χ4v) is 17.3. The molecule has 5 atom stereocenters. The minimum Gasteiger partial charge on any atom is -0.475 e. The Labute approximate surface area is 386 Å². The summed E-state index contributed by atoms with van der Waals surface area (Å²) in [6, 6.07) is 5.41. The number of halogens is 3. The topological polar surface area (TPSA) is 112 Å². The lowest BCUT2D eigenvalue weighted by atomic mass is 9.95. The molecule has 0 unspecified atom stereocenters. The molecule has 0 saturated carbocycles. The molecule has 354 valence electrons. The molecule has 4 fully saturated rings. The van der Waals surface area contributed by atoms with E-state index in [2.05, 4.69) is 62.8 Å². The molecule has 0 N–H and O–H groups in total. The van der Waals surface area contributed by atoms with Gasteiger partial charge < -0.3 is 28.6 Å². The second-order valence-electron chi connectivity index (χ2n) is 20.9. The zero-order valence-electron chi connectivity index (χ0n) is 39.9. The zero-order valence-corrected chi connectivity index (χ0v) is 40.9. The van der Waals surface area contributed by atoms with Crippen molar-refractivity contribution >= 4 is 41.7 Å². The molecule has 2 aromatic carbocycles. The summed E-state index contributed by atoms with van der Waals surface area (Å²) in [6.45, 7) is 20.3. The molecule has 7 heterocycles. The number of methoxy groups -OCH3 is 1. The Morgan fingerprint density at radius 3 is 2.45 bits per heavy atom. The first kappa shape index (κ1) is 46.3. The van der Waals surface area contributed by atoms with Gasteiger partial charge in [0.25, 0.3) is 0 Å². The van der Waals surface area contributed by atoms with Gasteiger partial charge >= 0.3 is 12.1 Å². The molecule has 2 aromatic heterocycles. The first-order valence-electron chi connectivity index (χ1n) is 23.6. The number of alkyl halides is 1. The van der Waals surface area contributed by atoms with Gasteiger partial charge in [-0.2, -0.15) is 9.97 Å². The Hall–Kier alpha value is -4.85. The van der Waals surface area contributed by atoms with E-state index in [1.807, 2.05) is 25.7 Å². The van der Waals surface area contributed by atoms with Gasteiger partial charge in [0.1, 0.15) is 67.0 Å². The molecule has 5 aliphatic rings. The largest absolute Gasteiger partial charge is 0.475 e. The van der Waals surface area contributed by atoms with E-state index in [-0.39, 0.29) is 88.3 Å². The van der Waals surface area contributed by atoms with Crippen molar-refractivity contribution in [3.63, 3.8) is 0 Å². The number of anilines is 1. The summed E-state index contributed by atoms with van der Waals surface area (Å²) < 4.78 is 79.9. The molecular formula is C50H63F3N6O6Si. The maximum Gasteiger partial charge on any atom is 0.410 e. The molecule has 16 heteroatoms. The fourth-order valence-electron chi connectivity index (χ4n) is 12.1. The normalized spacial score (nSPS) is 23.9. The van der Waals surface area contributed by atoms with Crippen LogP contribution < -0.4 is 19.1 Å². The lowest BCUT2D eigenvalue weighted by Gasteiger charge is -2.46. The number of piperazine rings is 1. The number of fused-ring (bicyclic) bond motifs is 7. The molecule has 0 aliphatic carbocycles. The van der Waals surface area contributed by atoms with E-state index in [4.69, 9.17) is 38.6 Å². The van der Waals surface area contributed by atoms with Gasteiger partial charge in [-0.1, -0.05) is 53.5 Å². The highest BCUT2D eigenvalue weighted by Gasteiger charge is 2.53. The Morgan fingerprint density at radius 1 is 0.985 bits per heavy atom. The van der Waals surface area contributed by atoms with Gasteiger partial charge in [0.05, 0.1) is 29.2 Å². The second-order valence-corrected chi connectivity index (χ2v) is 26.5.